The molecule has 0 spiro atoms. The second-order valence-electron chi connectivity index (χ2n) is 7.71. The lowest BCUT2D eigenvalue weighted by molar-refractivity contribution is 0.236. The van der Waals surface area contributed by atoms with Gasteiger partial charge >= 0.3 is 5.76 Å². The minimum absolute atomic E-state index is 0.0859. The van der Waals surface area contributed by atoms with E-state index in [4.69, 9.17) is 16.0 Å². The van der Waals surface area contributed by atoms with Crippen LogP contribution in [0.1, 0.15) is 47.0 Å². The Morgan fingerprint density at radius 3 is 2.68 bits per heavy atom. The maximum absolute atomic E-state index is 14.9. The number of benzene rings is 2. The molecular weight excluding hydrogens is 445 g/mol. The Labute approximate surface area is 183 Å². The third kappa shape index (κ3) is 3.71. The number of aromatic nitrogens is 2. The van der Waals surface area contributed by atoms with E-state index in [2.05, 4.69) is 10.2 Å². The lowest BCUT2D eigenvalue weighted by Crippen LogP contribution is -2.42. The Hall–Kier alpha value is -2.49. The van der Waals surface area contributed by atoms with Gasteiger partial charge in [-0.3, -0.25) is 0 Å². The number of nitrogens with one attached hydrogen (secondary N) is 1. The van der Waals surface area contributed by atoms with E-state index in [9.17, 15) is 17.6 Å². The summed E-state index contributed by atoms with van der Waals surface area (Å²) in [6, 6.07) is 6.71. The molecule has 0 saturated heterocycles. The Kier molecular flexibility index (Phi) is 5.53. The molecule has 2 aromatic carbocycles. The largest absolute Gasteiger partial charge is 0.434 e. The van der Waals surface area contributed by atoms with E-state index in [-0.39, 0.29) is 17.3 Å². The summed E-state index contributed by atoms with van der Waals surface area (Å²) in [7, 11) is -4.02. The van der Waals surface area contributed by atoms with Crippen LogP contribution < -0.4 is 5.76 Å². The van der Waals surface area contributed by atoms with Gasteiger partial charge in [-0.15, -0.1) is 5.10 Å². The first-order chi connectivity index (χ1) is 14.6. The maximum atomic E-state index is 14.9. The van der Waals surface area contributed by atoms with Crippen LogP contribution in [0.2, 0.25) is 5.02 Å². The molecule has 0 unspecified atom stereocenters. The number of sulfonamides is 1. The lowest BCUT2D eigenvalue weighted by atomic mass is 9.87. The number of hydrogen-bond donors (Lipinski definition) is 1. The Morgan fingerprint density at radius 2 is 2.00 bits per heavy atom. The van der Waals surface area contributed by atoms with E-state index >= 15 is 0 Å². The summed E-state index contributed by atoms with van der Waals surface area (Å²) in [6.07, 6.45) is 0.429. The summed E-state index contributed by atoms with van der Waals surface area (Å²) in [4.78, 5) is 11.8. The zero-order chi connectivity index (χ0) is 22.5. The average molecular weight is 466 g/mol. The van der Waals surface area contributed by atoms with Crippen LogP contribution >= 0.6 is 11.6 Å². The highest BCUT2D eigenvalue weighted by atomic mass is 35.5. The van der Waals surface area contributed by atoms with Crippen molar-refractivity contribution in [3.63, 3.8) is 0 Å². The van der Waals surface area contributed by atoms with Gasteiger partial charge in [0.15, 0.2) is 0 Å². The van der Waals surface area contributed by atoms with Crippen molar-refractivity contribution >= 4 is 21.6 Å². The van der Waals surface area contributed by atoms with Gasteiger partial charge in [0.1, 0.15) is 11.9 Å². The molecule has 4 rings (SSSR count). The molecule has 0 amide bonds. The number of H-pyrrole nitrogens is 1. The van der Waals surface area contributed by atoms with Crippen LogP contribution in [0.25, 0.3) is 0 Å². The van der Waals surface area contributed by atoms with Crippen molar-refractivity contribution in [3.05, 3.63) is 79.9 Å². The fraction of sp³-hybridized carbons (Fsp3) is 0.333. The van der Waals surface area contributed by atoms with Crippen LogP contribution in [0.3, 0.4) is 0 Å². The third-order valence-electron chi connectivity index (χ3n) is 5.90. The Balaban J connectivity index is 1.90. The zero-order valence-electron chi connectivity index (χ0n) is 17.1. The molecule has 0 aliphatic carbocycles. The van der Waals surface area contributed by atoms with Gasteiger partial charge in [0, 0.05) is 17.5 Å². The summed E-state index contributed by atoms with van der Waals surface area (Å²) in [5.74, 6) is -2.09. The van der Waals surface area contributed by atoms with Crippen molar-refractivity contribution in [3.8, 4) is 0 Å². The number of halogens is 2. The van der Waals surface area contributed by atoms with E-state index in [1.165, 1.54) is 16.4 Å². The minimum atomic E-state index is -4.02. The lowest BCUT2D eigenvalue weighted by Gasteiger charge is -2.36. The summed E-state index contributed by atoms with van der Waals surface area (Å²) in [5, 5.41) is 6.37. The molecule has 1 aliphatic rings. The van der Waals surface area contributed by atoms with Gasteiger partial charge in [0.2, 0.25) is 15.9 Å². The highest BCUT2D eigenvalue weighted by Gasteiger charge is 2.43. The monoisotopic (exact) mass is 465 g/mol. The predicted molar refractivity (Wildman–Crippen MR) is 113 cm³/mol. The molecule has 1 aliphatic heterocycles. The molecular formula is C21H21ClFN3O4S. The van der Waals surface area contributed by atoms with Gasteiger partial charge in [-0.2, -0.15) is 4.31 Å². The van der Waals surface area contributed by atoms with Gasteiger partial charge < -0.3 is 4.42 Å². The Morgan fingerprint density at radius 1 is 1.26 bits per heavy atom. The van der Waals surface area contributed by atoms with Crippen LogP contribution in [-0.2, 0) is 16.4 Å². The summed E-state index contributed by atoms with van der Waals surface area (Å²) in [5.41, 5.74) is 2.56. The summed E-state index contributed by atoms with van der Waals surface area (Å²) >= 11 is 6.06. The first-order valence-corrected chi connectivity index (χ1v) is 11.5. The van der Waals surface area contributed by atoms with Crippen LogP contribution in [0.4, 0.5) is 4.39 Å². The number of hydrogen-bond acceptors (Lipinski definition) is 5. The minimum Gasteiger partial charge on any atom is -0.391 e. The quantitative estimate of drug-likeness (QED) is 0.631. The van der Waals surface area contributed by atoms with Crippen LogP contribution in [0.5, 0.6) is 0 Å². The summed E-state index contributed by atoms with van der Waals surface area (Å²) in [6.45, 7) is 5.45. The maximum Gasteiger partial charge on any atom is 0.434 e. The molecule has 31 heavy (non-hydrogen) atoms. The van der Waals surface area contributed by atoms with Crippen LogP contribution in [0.15, 0.2) is 44.4 Å². The van der Waals surface area contributed by atoms with Gasteiger partial charge in [0.05, 0.1) is 4.90 Å². The first kappa shape index (κ1) is 21.7. The first-order valence-electron chi connectivity index (χ1n) is 9.72. The van der Waals surface area contributed by atoms with E-state index < -0.39 is 33.6 Å². The van der Waals surface area contributed by atoms with E-state index in [1.807, 2.05) is 6.92 Å². The van der Waals surface area contributed by atoms with Crippen LogP contribution in [-0.4, -0.2) is 29.5 Å². The smallest absolute Gasteiger partial charge is 0.391 e. The third-order valence-corrected chi connectivity index (χ3v) is 8.09. The topological polar surface area (TPSA) is 96.3 Å². The normalized spacial score (nSPS) is 17.8. The molecule has 7 nitrogen and oxygen atoms in total. The Bertz CT molecular complexity index is 1320. The highest BCUT2D eigenvalue weighted by Crippen LogP contribution is 2.42. The number of rotatable bonds is 4. The average Bonchev–Trinajstić information content (AvgIpc) is 3.13. The van der Waals surface area contributed by atoms with Gasteiger partial charge in [0.25, 0.3) is 0 Å². The molecule has 0 fully saturated rings. The standard InChI is InChI=1S/C21H21ClFN3O4S/c1-11-4-7-16(23)18(12(11)2)13(3)19(20-24-25-21(27)30-20)26-9-8-14-5-6-15(22)10-17(14)31(26,28)29/h4-7,10,13,19H,8-9H2,1-3H3,(H,25,27)/t13-,19+/m1/s1. The molecule has 0 radical (unpaired) electrons. The van der Waals surface area contributed by atoms with Crippen molar-refractivity contribution in [2.75, 3.05) is 6.54 Å². The number of fused-ring (bicyclic) bond motifs is 1. The van der Waals surface area contributed by atoms with Crippen molar-refractivity contribution in [1.29, 1.82) is 0 Å². The highest BCUT2D eigenvalue weighted by molar-refractivity contribution is 7.89. The molecule has 10 heteroatoms. The molecule has 2 atom stereocenters. The van der Waals surface area contributed by atoms with Crippen LogP contribution in [0, 0.1) is 19.7 Å². The second-order valence-corrected chi connectivity index (χ2v) is 10.0. The summed E-state index contributed by atoms with van der Waals surface area (Å²) < 4.78 is 48.4. The number of aryl methyl sites for hydroxylation is 1. The second kappa shape index (κ2) is 7.89. The molecule has 2 heterocycles. The molecule has 164 valence electrons. The fourth-order valence-corrected chi connectivity index (χ4v) is 6.39. The SMILES string of the molecule is Cc1ccc(F)c([C@@H](C)[C@@H](c2n[nH]c(=O)o2)N2CCc3ccc(Cl)cc3S2(=O)=O)c1C. The number of nitrogens with zero attached hydrogens (tertiary/aromatic N) is 2. The van der Waals surface area contributed by atoms with E-state index in [0.717, 1.165) is 5.56 Å². The van der Waals surface area contributed by atoms with Crippen molar-refractivity contribution in [1.82, 2.24) is 14.5 Å². The molecule has 1 aromatic heterocycles. The van der Waals surface area contributed by atoms with Crippen molar-refractivity contribution in [2.45, 2.75) is 44.0 Å². The molecule has 3 aromatic rings. The molecule has 0 saturated carbocycles. The van der Waals surface area contributed by atoms with Crippen molar-refractivity contribution in [2.24, 2.45) is 0 Å². The predicted octanol–water partition coefficient (Wildman–Crippen LogP) is 3.86. The molecule has 1 N–H and O–H groups in total. The zero-order valence-corrected chi connectivity index (χ0v) is 18.7. The van der Waals surface area contributed by atoms with Gasteiger partial charge in [-0.05, 0) is 60.7 Å². The van der Waals surface area contributed by atoms with Crippen molar-refractivity contribution < 1.29 is 17.2 Å². The van der Waals surface area contributed by atoms with Gasteiger partial charge in [-0.1, -0.05) is 30.7 Å². The van der Waals surface area contributed by atoms with Gasteiger partial charge in [-0.25, -0.2) is 22.7 Å². The molecule has 0 bridgehead atoms. The van der Waals surface area contributed by atoms with E-state index in [1.54, 1.807) is 32.0 Å². The number of aromatic amines is 1. The fourth-order valence-electron chi connectivity index (χ4n) is 4.22. The van der Waals surface area contributed by atoms with E-state index in [0.29, 0.717) is 28.1 Å².